The summed E-state index contributed by atoms with van der Waals surface area (Å²) < 4.78 is 0. The molecule has 0 aliphatic heterocycles. The van der Waals surface area contributed by atoms with Gasteiger partial charge in [0.15, 0.2) is 0 Å². The molecule has 0 fully saturated rings. The summed E-state index contributed by atoms with van der Waals surface area (Å²) in [6.07, 6.45) is 1.77. The molecule has 3 heteroatoms. The second-order valence-corrected chi connectivity index (χ2v) is 4.14. The van der Waals surface area contributed by atoms with Gasteiger partial charge in [0.25, 0.3) is 0 Å². The molecule has 1 heterocycles. The number of hydrogen-bond donors (Lipinski definition) is 1. The standard InChI is InChI=1S/C13H13ClN2/c1-9-12(3-2-8-16-9)13(15)10-4-6-11(14)7-5-10/h2-8,13H,15H2,1H3. The molecule has 2 N–H and O–H groups in total. The molecule has 0 radical (unpaired) electrons. The molecular formula is C13H13ClN2. The highest BCUT2D eigenvalue weighted by molar-refractivity contribution is 6.30. The van der Waals surface area contributed by atoms with E-state index in [1.165, 1.54) is 0 Å². The summed E-state index contributed by atoms with van der Waals surface area (Å²) in [6.45, 7) is 1.96. The van der Waals surface area contributed by atoms with Crippen LogP contribution in [0.2, 0.25) is 5.02 Å². The van der Waals surface area contributed by atoms with Gasteiger partial charge < -0.3 is 5.73 Å². The van der Waals surface area contributed by atoms with Gasteiger partial charge in [-0.05, 0) is 36.2 Å². The number of benzene rings is 1. The van der Waals surface area contributed by atoms with Crippen molar-refractivity contribution in [1.29, 1.82) is 0 Å². The van der Waals surface area contributed by atoms with Crippen LogP contribution in [0, 0.1) is 6.92 Å². The van der Waals surface area contributed by atoms with Gasteiger partial charge in [-0.25, -0.2) is 0 Å². The first-order valence-corrected chi connectivity index (χ1v) is 5.49. The van der Waals surface area contributed by atoms with E-state index in [-0.39, 0.29) is 6.04 Å². The van der Waals surface area contributed by atoms with Gasteiger partial charge >= 0.3 is 0 Å². The Kier molecular flexibility index (Phi) is 3.22. The first kappa shape index (κ1) is 11.1. The minimum absolute atomic E-state index is 0.147. The number of aryl methyl sites for hydroxylation is 1. The fraction of sp³-hybridized carbons (Fsp3) is 0.154. The van der Waals surface area contributed by atoms with E-state index in [2.05, 4.69) is 4.98 Å². The zero-order valence-electron chi connectivity index (χ0n) is 9.02. The predicted octanol–water partition coefficient (Wildman–Crippen LogP) is 3.09. The first-order chi connectivity index (χ1) is 7.68. The molecule has 2 aromatic rings. The van der Waals surface area contributed by atoms with Crippen molar-refractivity contribution in [3.05, 3.63) is 64.4 Å². The zero-order chi connectivity index (χ0) is 11.5. The Bertz CT molecular complexity index is 480. The smallest absolute Gasteiger partial charge is 0.0569 e. The summed E-state index contributed by atoms with van der Waals surface area (Å²) in [5.41, 5.74) is 9.24. The monoisotopic (exact) mass is 232 g/mol. The molecule has 0 saturated carbocycles. The van der Waals surface area contributed by atoms with E-state index in [4.69, 9.17) is 17.3 Å². The van der Waals surface area contributed by atoms with Crippen LogP contribution < -0.4 is 5.73 Å². The molecule has 0 aliphatic carbocycles. The van der Waals surface area contributed by atoms with E-state index in [0.717, 1.165) is 21.8 Å². The molecule has 1 aromatic carbocycles. The summed E-state index contributed by atoms with van der Waals surface area (Å²) >= 11 is 5.84. The first-order valence-electron chi connectivity index (χ1n) is 5.11. The molecule has 0 saturated heterocycles. The third-order valence-corrected chi connectivity index (χ3v) is 2.86. The molecule has 2 nitrogen and oxygen atoms in total. The highest BCUT2D eigenvalue weighted by Crippen LogP contribution is 2.22. The number of rotatable bonds is 2. The Labute approximate surface area is 100 Å². The average molecular weight is 233 g/mol. The van der Waals surface area contributed by atoms with Crippen molar-refractivity contribution in [2.24, 2.45) is 5.73 Å². The van der Waals surface area contributed by atoms with Crippen LogP contribution in [-0.2, 0) is 0 Å². The number of pyridine rings is 1. The summed E-state index contributed by atoms with van der Waals surface area (Å²) in [7, 11) is 0. The lowest BCUT2D eigenvalue weighted by atomic mass is 9.99. The van der Waals surface area contributed by atoms with Crippen molar-refractivity contribution in [3.8, 4) is 0 Å². The molecular weight excluding hydrogens is 220 g/mol. The molecule has 1 unspecified atom stereocenters. The molecule has 0 spiro atoms. The Morgan fingerprint density at radius 1 is 1.19 bits per heavy atom. The molecule has 2 rings (SSSR count). The fourth-order valence-electron chi connectivity index (χ4n) is 1.68. The largest absolute Gasteiger partial charge is 0.320 e. The minimum atomic E-state index is -0.147. The van der Waals surface area contributed by atoms with E-state index in [0.29, 0.717) is 0 Å². The second-order valence-electron chi connectivity index (χ2n) is 3.71. The molecule has 1 aromatic heterocycles. The lowest BCUT2D eigenvalue weighted by Crippen LogP contribution is -2.13. The van der Waals surface area contributed by atoms with Gasteiger partial charge in [0.1, 0.15) is 0 Å². The Hall–Kier alpha value is -1.38. The third kappa shape index (κ3) is 2.23. The van der Waals surface area contributed by atoms with Crippen molar-refractivity contribution in [2.75, 3.05) is 0 Å². The molecule has 1 atom stereocenters. The van der Waals surface area contributed by atoms with Crippen molar-refractivity contribution in [1.82, 2.24) is 4.98 Å². The highest BCUT2D eigenvalue weighted by Gasteiger charge is 2.11. The topological polar surface area (TPSA) is 38.9 Å². The summed E-state index contributed by atoms with van der Waals surface area (Å²) in [4.78, 5) is 4.24. The van der Waals surface area contributed by atoms with Crippen molar-refractivity contribution in [2.45, 2.75) is 13.0 Å². The number of nitrogens with two attached hydrogens (primary N) is 1. The number of halogens is 1. The summed E-state index contributed by atoms with van der Waals surface area (Å²) in [6, 6.07) is 11.3. The number of aromatic nitrogens is 1. The van der Waals surface area contributed by atoms with Crippen molar-refractivity contribution in [3.63, 3.8) is 0 Å². The average Bonchev–Trinajstić information content (AvgIpc) is 2.30. The second kappa shape index (κ2) is 4.64. The van der Waals surface area contributed by atoms with E-state index in [1.807, 2.05) is 43.3 Å². The van der Waals surface area contributed by atoms with Crippen LogP contribution in [0.15, 0.2) is 42.6 Å². The van der Waals surface area contributed by atoms with E-state index in [9.17, 15) is 0 Å². The van der Waals surface area contributed by atoms with Crippen LogP contribution in [0.1, 0.15) is 22.9 Å². The molecule has 0 amide bonds. The maximum atomic E-state index is 6.18. The van der Waals surface area contributed by atoms with Gasteiger partial charge in [-0.3, -0.25) is 4.98 Å². The Balaban J connectivity index is 2.35. The normalized spacial score (nSPS) is 12.4. The third-order valence-electron chi connectivity index (χ3n) is 2.61. The SMILES string of the molecule is Cc1ncccc1C(N)c1ccc(Cl)cc1. The van der Waals surface area contributed by atoms with Crippen LogP contribution >= 0.6 is 11.6 Å². The summed E-state index contributed by atoms with van der Waals surface area (Å²) in [5.74, 6) is 0. The van der Waals surface area contributed by atoms with Crippen LogP contribution in [0.4, 0.5) is 0 Å². The van der Waals surface area contributed by atoms with Gasteiger partial charge in [-0.15, -0.1) is 0 Å². The molecule has 82 valence electrons. The Morgan fingerprint density at radius 3 is 2.50 bits per heavy atom. The van der Waals surface area contributed by atoms with Gasteiger partial charge in [0.2, 0.25) is 0 Å². The quantitative estimate of drug-likeness (QED) is 0.864. The Morgan fingerprint density at radius 2 is 1.88 bits per heavy atom. The van der Waals surface area contributed by atoms with Crippen LogP contribution in [0.5, 0.6) is 0 Å². The minimum Gasteiger partial charge on any atom is -0.320 e. The maximum absolute atomic E-state index is 6.18. The van der Waals surface area contributed by atoms with Crippen LogP contribution in [0.25, 0.3) is 0 Å². The van der Waals surface area contributed by atoms with Crippen molar-refractivity contribution < 1.29 is 0 Å². The predicted molar refractivity (Wildman–Crippen MR) is 66.5 cm³/mol. The van der Waals surface area contributed by atoms with Gasteiger partial charge in [0, 0.05) is 16.9 Å². The van der Waals surface area contributed by atoms with E-state index >= 15 is 0 Å². The molecule has 0 aliphatic rings. The zero-order valence-corrected chi connectivity index (χ0v) is 9.78. The fourth-order valence-corrected chi connectivity index (χ4v) is 1.80. The van der Waals surface area contributed by atoms with Gasteiger partial charge in [0.05, 0.1) is 6.04 Å². The number of hydrogen-bond acceptors (Lipinski definition) is 2. The summed E-state index contributed by atoms with van der Waals surface area (Å²) in [5, 5.41) is 0.721. The van der Waals surface area contributed by atoms with Gasteiger partial charge in [-0.2, -0.15) is 0 Å². The van der Waals surface area contributed by atoms with Crippen LogP contribution in [0.3, 0.4) is 0 Å². The van der Waals surface area contributed by atoms with E-state index in [1.54, 1.807) is 6.20 Å². The van der Waals surface area contributed by atoms with E-state index < -0.39 is 0 Å². The highest BCUT2D eigenvalue weighted by atomic mass is 35.5. The molecule has 16 heavy (non-hydrogen) atoms. The lowest BCUT2D eigenvalue weighted by Gasteiger charge is -2.14. The number of nitrogens with zero attached hydrogens (tertiary/aromatic N) is 1. The lowest BCUT2D eigenvalue weighted by molar-refractivity contribution is 0.848. The molecule has 0 bridgehead atoms. The van der Waals surface area contributed by atoms with Crippen LogP contribution in [-0.4, -0.2) is 4.98 Å². The maximum Gasteiger partial charge on any atom is 0.0569 e. The van der Waals surface area contributed by atoms with Crippen molar-refractivity contribution >= 4 is 11.6 Å². The van der Waals surface area contributed by atoms with Gasteiger partial charge in [-0.1, -0.05) is 29.8 Å².